The van der Waals surface area contributed by atoms with Gasteiger partial charge in [-0.25, -0.2) is 12.8 Å². The highest BCUT2D eigenvalue weighted by atomic mass is 32.2. The van der Waals surface area contributed by atoms with E-state index in [0.29, 0.717) is 5.52 Å². The number of nitriles is 1. The van der Waals surface area contributed by atoms with Gasteiger partial charge in [0.2, 0.25) is 0 Å². The molecule has 2 aromatic heterocycles. The second-order valence-electron chi connectivity index (χ2n) is 4.23. The van der Waals surface area contributed by atoms with Crippen LogP contribution < -0.4 is 4.72 Å². The summed E-state index contributed by atoms with van der Waals surface area (Å²) < 4.78 is 45.5. The summed E-state index contributed by atoms with van der Waals surface area (Å²) in [5.74, 6) is -0.830. The summed E-state index contributed by atoms with van der Waals surface area (Å²) in [5.41, 5.74) is 0.549. The second kappa shape index (κ2) is 4.64. The molecule has 21 heavy (non-hydrogen) atoms. The Balaban J connectivity index is 2.01. The summed E-state index contributed by atoms with van der Waals surface area (Å²) >= 11 is 0. The summed E-state index contributed by atoms with van der Waals surface area (Å²) in [4.78, 5) is 2.62. The van der Waals surface area contributed by atoms with E-state index in [0.717, 1.165) is 6.07 Å². The van der Waals surface area contributed by atoms with Crippen molar-refractivity contribution >= 4 is 26.8 Å². The maximum atomic E-state index is 13.8. The van der Waals surface area contributed by atoms with E-state index in [1.165, 1.54) is 24.6 Å². The van der Waals surface area contributed by atoms with Gasteiger partial charge in [0.25, 0.3) is 10.0 Å². The third-order valence-corrected chi connectivity index (χ3v) is 4.25. The van der Waals surface area contributed by atoms with Crippen molar-refractivity contribution in [3.8, 4) is 6.07 Å². The van der Waals surface area contributed by atoms with Crippen molar-refractivity contribution in [1.29, 1.82) is 5.26 Å². The molecule has 0 bridgehead atoms. The SMILES string of the molecule is N#Cc1ccc(NS(=O)(=O)c2c[nH]c3ccoc23)c(F)c1. The Morgan fingerprint density at radius 2 is 2.14 bits per heavy atom. The molecule has 0 aliphatic carbocycles. The molecule has 0 aliphatic rings. The van der Waals surface area contributed by atoms with Crippen LogP contribution in [0.4, 0.5) is 10.1 Å². The fourth-order valence-corrected chi connectivity index (χ4v) is 3.07. The molecule has 0 unspecified atom stereocenters. The quantitative estimate of drug-likeness (QED) is 0.776. The van der Waals surface area contributed by atoms with Crippen LogP contribution in [-0.2, 0) is 10.0 Å². The van der Waals surface area contributed by atoms with Gasteiger partial charge in [0, 0.05) is 12.3 Å². The molecule has 0 saturated carbocycles. The molecule has 2 heterocycles. The first kappa shape index (κ1) is 13.2. The van der Waals surface area contributed by atoms with Crippen molar-refractivity contribution in [3.63, 3.8) is 0 Å². The minimum atomic E-state index is -4.01. The maximum absolute atomic E-state index is 13.8. The lowest BCUT2D eigenvalue weighted by molar-refractivity contribution is 0.587. The van der Waals surface area contributed by atoms with Gasteiger partial charge in [-0.05, 0) is 18.2 Å². The molecule has 1 aromatic carbocycles. The summed E-state index contributed by atoms with van der Waals surface area (Å²) in [6, 6.07) is 6.82. The van der Waals surface area contributed by atoms with Crippen molar-refractivity contribution in [2.45, 2.75) is 4.90 Å². The average molecular weight is 305 g/mol. The summed E-state index contributed by atoms with van der Waals surface area (Å²) in [5, 5.41) is 8.66. The van der Waals surface area contributed by atoms with Gasteiger partial charge >= 0.3 is 0 Å². The Labute approximate surface area is 118 Å². The van der Waals surface area contributed by atoms with Crippen LogP contribution in [-0.4, -0.2) is 13.4 Å². The molecule has 0 spiro atoms. The average Bonchev–Trinajstić information content (AvgIpc) is 3.03. The molecule has 0 fully saturated rings. The number of furan rings is 1. The molecule has 0 saturated heterocycles. The number of benzene rings is 1. The number of rotatable bonds is 3. The monoisotopic (exact) mass is 305 g/mol. The van der Waals surface area contributed by atoms with Crippen LogP contribution in [0.15, 0.2) is 46.0 Å². The minimum Gasteiger partial charge on any atom is -0.461 e. The van der Waals surface area contributed by atoms with Crippen molar-refractivity contribution in [2.75, 3.05) is 4.72 Å². The molecule has 0 aliphatic heterocycles. The molecule has 0 amide bonds. The van der Waals surface area contributed by atoms with E-state index < -0.39 is 15.8 Å². The number of hydrogen-bond donors (Lipinski definition) is 2. The molecule has 0 radical (unpaired) electrons. The molecule has 3 aromatic rings. The van der Waals surface area contributed by atoms with Crippen LogP contribution in [0.1, 0.15) is 5.56 Å². The van der Waals surface area contributed by atoms with Crippen molar-refractivity contribution in [2.24, 2.45) is 0 Å². The number of anilines is 1. The van der Waals surface area contributed by atoms with Crippen LogP contribution in [0.2, 0.25) is 0 Å². The molecule has 2 N–H and O–H groups in total. The number of halogens is 1. The summed E-state index contributed by atoms with van der Waals surface area (Å²) in [7, 11) is -4.01. The van der Waals surface area contributed by atoms with Gasteiger partial charge in [0.15, 0.2) is 5.58 Å². The van der Waals surface area contributed by atoms with Gasteiger partial charge < -0.3 is 9.40 Å². The van der Waals surface area contributed by atoms with Crippen LogP contribution >= 0.6 is 0 Å². The van der Waals surface area contributed by atoms with E-state index in [-0.39, 0.29) is 21.7 Å². The zero-order valence-corrected chi connectivity index (χ0v) is 11.2. The first-order chi connectivity index (χ1) is 10.0. The van der Waals surface area contributed by atoms with E-state index in [1.807, 2.05) is 0 Å². The van der Waals surface area contributed by atoms with Gasteiger partial charge in [-0.1, -0.05) is 0 Å². The molecule has 3 rings (SSSR count). The fourth-order valence-electron chi connectivity index (χ4n) is 1.89. The van der Waals surface area contributed by atoms with Crippen LogP contribution in [0.3, 0.4) is 0 Å². The number of H-pyrrole nitrogens is 1. The zero-order valence-electron chi connectivity index (χ0n) is 10.4. The first-order valence-electron chi connectivity index (χ1n) is 5.78. The summed E-state index contributed by atoms with van der Waals surface area (Å²) in [6.07, 6.45) is 2.61. The maximum Gasteiger partial charge on any atom is 0.267 e. The van der Waals surface area contributed by atoms with Gasteiger partial charge in [0.1, 0.15) is 10.7 Å². The Kier molecular flexibility index (Phi) is 2.92. The van der Waals surface area contributed by atoms with Crippen molar-refractivity contribution in [3.05, 3.63) is 48.1 Å². The molecule has 106 valence electrons. The van der Waals surface area contributed by atoms with Crippen molar-refractivity contribution in [1.82, 2.24) is 4.98 Å². The fraction of sp³-hybridized carbons (Fsp3) is 0. The smallest absolute Gasteiger partial charge is 0.267 e. The van der Waals surface area contributed by atoms with Crippen molar-refractivity contribution < 1.29 is 17.2 Å². The third-order valence-electron chi connectivity index (χ3n) is 2.88. The number of aromatic amines is 1. The molecule has 8 heteroatoms. The minimum absolute atomic E-state index is 0.102. The number of aromatic nitrogens is 1. The molecule has 6 nitrogen and oxygen atoms in total. The largest absolute Gasteiger partial charge is 0.461 e. The molecular weight excluding hydrogens is 297 g/mol. The molecule has 0 atom stereocenters. The highest BCUT2D eigenvalue weighted by Gasteiger charge is 2.22. The van der Waals surface area contributed by atoms with Gasteiger partial charge in [-0.15, -0.1) is 0 Å². The lowest BCUT2D eigenvalue weighted by Gasteiger charge is -2.07. The lowest BCUT2D eigenvalue weighted by Crippen LogP contribution is -2.13. The Morgan fingerprint density at radius 3 is 2.86 bits per heavy atom. The van der Waals surface area contributed by atoms with E-state index in [2.05, 4.69) is 9.71 Å². The number of hydrogen-bond acceptors (Lipinski definition) is 4. The second-order valence-corrected chi connectivity index (χ2v) is 5.88. The van der Waals surface area contributed by atoms with E-state index in [9.17, 15) is 12.8 Å². The van der Waals surface area contributed by atoms with E-state index >= 15 is 0 Å². The number of fused-ring (bicyclic) bond motifs is 1. The number of sulfonamides is 1. The standard InChI is InChI=1S/C13H8FN3O3S/c14-9-5-8(6-15)1-2-10(9)17-21(18,19)12-7-16-11-3-4-20-13(11)12/h1-5,7,16-17H. The van der Waals surface area contributed by atoms with Gasteiger partial charge in [-0.2, -0.15) is 5.26 Å². The van der Waals surface area contributed by atoms with Gasteiger partial charge in [-0.3, -0.25) is 4.72 Å². The third kappa shape index (κ3) is 2.23. The Morgan fingerprint density at radius 1 is 1.33 bits per heavy atom. The first-order valence-corrected chi connectivity index (χ1v) is 7.26. The predicted octanol–water partition coefficient (Wildman–Crippen LogP) is 2.57. The molecular formula is C13H8FN3O3S. The normalized spacial score (nSPS) is 11.4. The van der Waals surface area contributed by atoms with Gasteiger partial charge in [0.05, 0.1) is 29.1 Å². The number of nitrogens with zero attached hydrogens (tertiary/aromatic N) is 1. The van der Waals surface area contributed by atoms with Crippen LogP contribution in [0.5, 0.6) is 0 Å². The highest BCUT2D eigenvalue weighted by Crippen LogP contribution is 2.26. The number of nitrogens with one attached hydrogen (secondary N) is 2. The highest BCUT2D eigenvalue weighted by molar-refractivity contribution is 7.93. The summed E-state index contributed by atoms with van der Waals surface area (Å²) in [6.45, 7) is 0. The topological polar surface area (TPSA) is 98.9 Å². The van der Waals surface area contributed by atoms with Crippen LogP contribution in [0, 0.1) is 17.1 Å². The Bertz CT molecular complexity index is 966. The zero-order chi connectivity index (χ0) is 15.0. The predicted molar refractivity (Wildman–Crippen MR) is 72.5 cm³/mol. The van der Waals surface area contributed by atoms with E-state index in [1.54, 1.807) is 12.1 Å². The lowest BCUT2D eigenvalue weighted by atomic mass is 10.2. The Hall–Kier alpha value is -2.79. The van der Waals surface area contributed by atoms with E-state index in [4.69, 9.17) is 9.68 Å². The van der Waals surface area contributed by atoms with Crippen LogP contribution in [0.25, 0.3) is 11.1 Å².